The van der Waals surface area contributed by atoms with E-state index in [0.717, 1.165) is 10.0 Å². The average Bonchev–Trinajstić information content (AvgIpc) is 2.09. The number of benzene rings is 1. The number of phenols is 1. The Balaban J connectivity index is 3.28. The molecule has 0 heterocycles. The lowest BCUT2D eigenvalue weighted by Crippen LogP contribution is -2.07. The van der Waals surface area contributed by atoms with E-state index < -0.39 is 5.82 Å². The summed E-state index contributed by atoms with van der Waals surface area (Å²) in [6, 6.07) is 1.30. The Bertz CT molecular complexity index is 302. The fourth-order valence-electron chi connectivity index (χ4n) is 1.15. The molecular weight excluding hydrogens is 237 g/mol. The molecule has 0 atom stereocenters. The van der Waals surface area contributed by atoms with Crippen molar-refractivity contribution in [3.8, 4) is 5.75 Å². The summed E-state index contributed by atoms with van der Waals surface area (Å²) in [4.78, 5) is 0. The molecule has 0 aliphatic heterocycles. The third-order valence-electron chi connectivity index (χ3n) is 1.82. The number of aromatic hydroxyl groups is 1. The maximum Gasteiger partial charge on any atom is 0.165 e. The van der Waals surface area contributed by atoms with Crippen molar-refractivity contribution >= 4 is 15.9 Å². The number of rotatable bonds is 2. The smallest absolute Gasteiger partial charge is 0.165 e. The SMILES string of the molecule is CNCc1c(O)c(F)cc(C)c1Br. The van der Waals surface area contributed by atoms with Crippen LogP contribution in [-0.2, 0) is 6.54 Å². The average molecular weight is 248 g/mol. The van der Waals surface area contributed by atoms with Gasteiger partial charge in [-0.25, -0.2) is 4.39 Å². The summed E-state index contributed by atoms with van der Waals surface area (Å²) in [5.74, 6) is -0.863. The van der Waals surface area contributed by atoms with Gasteiger partial charge in [-0.3, -0.25) is 0 Å². The van der Waals surface area contributed by atoms with Gasteiger partial charge in [0.05, 0.1) is 0 Å². The topological polar surface area (TPSA) is 32.3 Å². The molecule has 0 fully saturated rings. The fraction of sp³-hybridized carbons (Fsp3) is 0.333. The van der Waals surface area contributed by atoms with Crippen molar-refractivity contribution in [1.82, 2.24) is 5.32 Å². The molecule has 0 aliphatic rings. The molecule has 0 aromatic heterocycles. The Labute approximate surface area is 84.9 Å². The molecule has 2 nitrogen and oxygen atoms in total. The molecule has 0 bridgehead atoms. The van der Waals surface area contributed by atoms with Crippen LogP contribution >= 0.6 is 15.9 Å². The molecular formula is C9H11BrFNO. The quantitative estimate of drug-likeness (QED) is 0.841. The number of halogens is 2. The predicted molar refractivity (Wildman–Crippen MR) is 53.3 cm³/mol. The minimum atomic E-state index is -0.578. The molecule has 0 saturated carbocycles. The van der Waals surface area contributed by atoms with Crippen molar-refractivity contribution in [3.05, 3.63) is 27.5 Å². The van der Waals surface area contributed by atoms with E-state index in [1.807, 2.05) is 0 Å². The Kier molecular flexibility index (Phi) is 3.27. The molecule has 72 valence electrons. The maximum absolute atomic E-state index is 13.0. The zero-order valence-corrected chi connectivity index (χ0v) is 9.07. The molecule has 0 spiro atoms. The zero-order valence-electron chi connectivity index (χ0n) is 7.49. The van der Waals surface area contributed by atoms with Crippen LogP contribution in [-0.4, -0.2) is 12.2 Å². The standard InChI is InChI=1S/C9H11BrFNO/c1-5-3-7(11)9(13)6(4-12-2)8(5)10/h3,12-13H,4H2,1-2H3. The Hall–Kier alpha value is -0.610. The minimum Gasteiger partial charge on any atom is -0.505 e. The summed E-state index contributed by atoms with van der Waals surface area (Å²) < 4.78 is 13.8. The van der Waals surface area contributed by atoms with Crippen LogP contribution in [0.25, 0.3) is 0 Å². The van der Waals surface area contributed by atoms with Crippen molar-refractivity contribution in [2.75, 3.05) is 7.05 Å². The van der Waals surface area contributed by atoms with Gasteiger partial charge in [-0.2, -0.15) is 0 Å². The molecule has 0 unspecified atom stereocenters. The van der Waals surface area contributed by atoms with Gasteiger partial charge in [0, 0.05) is 16.6 Å². The molecule has 1 rings (SSSR count). The van der Waals surface area contributed by atoms with Crippen LogP contribution in [0.15, 0.2) is 10.5 Å². The number of nitrogens with one attached hydrogen (secondary N) is 1. The molecule has 0 amide bonds. The summed E-state index contributed by atoms with van der Waals surface area (Å²) in [6.07, 6.45) is 0. The van der Waals surface area contributed by atoms with Crippen LogP contribution in [0.4, 0.5) is 4.39 Å². The molecule has 2 N–H and O–H groups in total. The number of aryl methyl sites for hydroxylation is 1. The molecule has 13 heavy (non-hydrogen) atoms. The third-order valence-corrected chi connectivity index (χ3v) is 2.92. The fourth-order valence-corrected chi connectivity index (χ4v) is 1.59. The summed E-state index contributed by atoms with van der Waals surface area (Å²) in [5, 5.41) is 12.3. The minimum absolute atomic E-state index is 0.285. The Morgan fingerprint density at radius 2 is 2.23 bits per heavy atom. The Morgan fingerprint density at radius 1 is 1.62 bits per heavy atom. The highest BCUT2D eigenvalue weighted by Gasteiger charge is 2.12. The van der Waals surface area contributed by atoms with Crippen molar-refractivity contribution in [2.45, 2.75) is 13.5 Å². The van der Waals surface area contributed by atoms with Gasteiger partial charge in [0.1, 0.15) is 0 Å². The molecule has 0 aliphatic carbocycles. The van der Waals surface area contributed by atoms with Gasteiger partial charge in [-0.1, -0.05) is 15.9 Å². The summed E-state index contributed by atoms with van der Waals surface area (Å²) in [6.45, 7) is 2.22. The second-order valence-electron chi connectivity index (χ2n) is 2.85. The van der Waals surface area contributed by atoms with Crippen molar-refractivity contribution < 1.29 is 9.50 Å². The van der Waals surface area contributed by atoms with Crippen LogP contribution in [0.3, 0.4) is 0 Å². The van der Waals surface area contributed by atoms with Gasteiger partial charge in [0.15, 0.2) is 11.6 Å². The normalized spacial score (nSPS) is 10.5. The number of hydrogen-bond acceptors (Lipinski definition) is 2. The van der Waals surface area contributed by atoms with Crippen molar-refractivity contribution in [3.63, 3.8) is 0 Å². The maximum atomic E-state index is 13.0. The molecule has 0 radical (unpaired) electrons. The highest BCUT2D eigenvalue weighted by molar-refractivity contribution is 9.10. The van der Waals surface area contributed by atoms with Gasteiger partial charge < -0.3 is 10.4 Å². The second-order valence-corrected chi connectivity index (χ2v) is 3.64. The summed E-state index contributed by atoms with van der Waals surface area (Å²) in [7, 11) is 1.74. The van der Waals surface area contributed by atoms with E-state index in [0.29, 0.717) is 12.1 Å². The van der Waals surface area contributed by atoms with Gasteiger partial charge >= 0.3 is 0 Å². The second kappa shape index (κ2) is 4.07. The van der Waals surface area contributed by atoms with Gasteiger partial charge in [0.25, 0.3) is 0 Å². The molecule has 1 aromatic rings. The lowest BCUT2D eigenvalue weighted by molar-refractivity contribution is 0.423. The highest BCUT2D eigenvalue weighted by atomic mass is 79.9. The van der Waals surface area contributed by atoms with Gasteiger partial charge in [-0.05, 0) is 25.6 Å². The monoisotopic (exact) mass is 247 g/mol. The van der Waals surface area contributed by atoms with E-state index in [1.54, 1.807) is 14.0 Å². The van der Waals surface area contributed by atoms with E-state index in [9.17, 15) is 9.50 Å². The highest BCUT2D eigenvalue weighted by Crippen LogP contribution is 2.31. The zero-order chi connectivity index (χ0) is 10.0. The lowest BCUT2D eigenvalue weighted by Gasteiger charge is -2.09. The van der Waals surface area contributed by atoms with E-state index in [4.69, 9.17) is 0 Å². The van der Waals surface area contributed by atoms with E-state index in [2.05, 4.69) is 21.2 Å². The van der Waals surface area contributed by atoms with Crippen LogP contribution in [0, 0.1) is 12.7 Å². The first-order chi connectivity index (χ1) is 6.07. The molecule has 4 heteroatoms. The molecule has 0 saturated heterocycles. The summed E-state index contributed by atoms with van der Waals surface area (Å²) in [5.41, 5.74) is 1.33. The largest absolute Gasteiger partial charge is 0.505 e. The first-order valence-electron chi connectivity index (χ1n) is 3.89. The lowest BCUT2D eigenvalue weighted by atomic mass is 10.1. The van der Waals surface area contributed by atoms with Crippen LogP contribution < -0.4 is 5.32 Å². The van der Waals surface area contributed by atoms with E-state index >= 15 is 0 Å². The van der Waals surface area contributed by atoms with Crippen LogP contribution in [0.1, 0.15) is 11.1 Å². The summed E-state index contributed by atoms with van der Waals surface area (Å²) >= 11 is 3.30. The van der Waals surface area contributed by atoms with Gasteiger partial charge in [-0.15, -0.1) is 0 Å². The van der Waals surface area contributed by atoms with Crippen molar-refractivity contribution in [1.29, 1.82) is 0 Å². The van der Waals surface area contributed by atoms with Gasteiger partial charge in [0.2, 0.25) is 0 Å². The van der Waals surface area contributed by atoms with E-state index in [-0.39, 0.29) is 5.75 Å². The van der Waals surface area contributed by atoms with Crippen molar-refractivity contribution in [2.24, 2.45) is 0 Å². The first kappa shape index (κ1) is 10.5. The number of hydrogen-bond donors (Lipinski definition) is 2. The Morgan fingerprint density at radius 3 is 2.77 bits per heavy atom. The van der Waals surface area contributed by atoms with E-state index in [1.165, 1.54) is 6.07 Å². The number of phenolic OH excluding ortho intramolecular Hbond substituents is 1. The molecule has 1 aromatic carbocycles. The first-order valence-corrected chi connectivity index (χ1v) is 4.68. The predicted octanol–water partition coefficient (Wildman–Crippen LogP) is 2.32. The third kappa shape index (κ3) is 2.00. The van der Waals surface area contributed by atoms with Crippen LogP contribution in [0.5, 0.6) is 5.75 Å². The van der Waals surface area contributed by atoms with Crippen LogP contribution in [0.2, 0.25) is 0 Å².